The number of hydrogen-bond donors (Lipinski definition) is 1. The Bertz CT molecular complexity index is 619. The smallest absolute Gasteiger partial charge is 0.274 e. The van der Waals surface area contributed by atoms with Gasteiger partial charge in [0.25, 0.3) is 5.91 Å². The van der Waals surface area contributed by atoms with E-state index >= 15 is 0 Å². The van der Waals surface area contributed by atoms with Gasteiger partial charge in [-0.3, -0.25) is 4.79 Å². The predicted molar refractivity (Wildman–Crippen MR) is 70.8 cm³/mol. The van der Waals surface area contributed by atoms with E-state index in [1.807, 2.05) is 6.92 Å². The molecule has 2 aromatic rings. The molecule has 0 radical (unpaired) electrons. The average molecular weight is 280 g/mol. The summed E-state index contributed by atoms with van der Waals surface area (Å²) in [7, 11) is 0. The van der Waals surface area contributed by atoms with Gasteiger partial charge in [-0.25, -0.2) is 14.4 Å². The zero-order valence-electron chi connectivity index (χ0n) is 10.2. The van der Waals surface area contributed by atoms with Crippen molar-refractivity contribution in [2.45, 2.75) is 13.3 Å². The molecule has 0 aliphatic rings. The minimum absolute atomic E-state index is 0.00769. The highest BCUT2D eigenvalue weighted by Gasteiger charge is 2.10. The number of aryl methyl sites for hydroxylation is 1. The Labute approximate surface area is 114 Å². The van der Waals surface area contributed by atoms with Crippen molar-refractivity contribution in [2.75, 3.05) is 5.32 Å². The minimum atomic E-state index is -0.587. The molecule has 1 aromatic carbocycles. The normalized spacial score (nSPS) is 10.3. The molecular weight excluding hydrogens is 269 g/mol. The monoisotopic (exact) mass is 279 g/mol. The lowest BCUT2D eigenvalue weighted by molar-refractivity contribution is 0.102. The molecule has 1 aromatic heterocycles. The summed E-state index contributed by atoms with van der Waals surface area (Å²) in [5, 5.41) is 2.56. The van der Waals surface area contributed by atoms with Crippen molar-refractivity contribution in [1.82, 2.24) is 9.97 Å². The van der Waals surface area contributed by atoms with E-state index in [9.17, 15) is 9.18 Å². The van der Waals surface area contributed by atoms with Gasteiger partial charge in [0.1, 0.15) is 17.8 Å². The maximum absolute atomic E-state index is 13.2. The maximum Gasteiger partial charge on any atom is 0.274 e. The Morgan fingerprint density at radius 2 is 2.16 bits per heavy atom. The number of benzene rings is 1. The number of nitrogens with zero attached hydrogens (tertiary/aromatic N) is 2. The van der Waals surface area contributed by atoms with Gasteiger partial charge in [0.05, 0.1) is 5.02 Å². The molecule has 0 saturated carbocycles. The van der Waals surface area contributed by atoms with Crippen LogP contribution >= 0.6 is 11.6 Å². The topological polar surface area (TPSA) is 54.9 Å². The van der Waals surface area contributed by atoms with E-state index < -0.39 is 11.7 Å². The summed E-state index contributed by atoms with van der Waals surface area (Å²) in [6.45, 7) is 1.93. The third kappa shape index (κ3) is 3.26. The van der Waals surface area contributed by atoms with Gasteiger partial charge >= 0.3 is 0 Å². The first-order chi connectivity index (χ1) is 9.10. The van der Waals surface area contributed by atoms with Gasteiger partial charge in [0.15, 0.2) is 0 Å². The number of nitrogens with one attached hydrogen (secondary N) is 1. The van der Waals surface area contributed by atoms with Crippen LogP contribution in [-0.4, -0.2) is 15.9 Å². The molecule has 6 heteroatoms. The maximum atomic E-state index is 13.2. The second-order valence-electron chi connectivity index (χ2n) is 3.83. The fourth-order valence-electron chi connectivity index (χ4n) is 1.48. The Morgan fingerprint density at radius 3 is 2.84 bits per heavy atom. The fourth-order valence-corrected chi connectivity index (χ4v) is 1.60. The van der Waals surface area contributed by atoms with Crippen molar-refractivity contribution >= 4 is 23.2 Å². The number of anilines is 1. The highest BCUT2D eigenvalue weighted by atomic mass is 35.5. The molecule has 1 N–H and O–H groups in total. The number of carbonyl (C=O) groups excluding carboxylic acids is 1. The van der Waals surface area contributed by atoms with Crippen LogP contribution in [0.5, 0.6) is 0 Å². The minimum Gasteiger partial charge on any atom is -0.321 e. The Hall–Kier alpha value is -2.01. The van der Waals surface area contributed by atoms with Crippen LogP contribution < -0.4 is 5.32 Å². The number of aromatic nitrogens is 2. The number of hydrogen-bond acceptors (Lipinski definition) is 3. The van der Waals surface area contributed by atoms with Gasteiger partial charge < -0.3 is 5.32 Å². The number of amides is 1. The number of carbonyl (C=O) groups is 1. The SMILES string of the molecule is CCc1cc(C(=O)Nc2ccc(Cl)c(F)c2)ncn1. The Morgan fingerprint density at radius 1 is 1.37 bits per heavy atom. The van der Waals surface area contributed by atoms with Gasteiger partial charge in [-0.1, -0.05) is 18.5 Å². The van der Waals surface area contributed by atoms with Crippen LogP contribution in [0, 0.1) is 5.82 Å². The van der Waals surface area contributed by atoms with Crippen LogP contribution in [0.1, 0.15) is 23.1 Å². The van der Waals surface area contributed by atoms with Gasteiger partial charge in [-0.15, -0.1) is 0 Å². The van der Waals surface area contributed by atoms with Crippen molar-refractivity contribution in [3.8, 4) is 0 Å². The summed E-state index contributed by atoms with van der Waals surface area (Å²) < 4.78 is 13.2. The summed E-state index contributed by atoms with van der Waals surface area (Å²) in [4.78, 5) is 19.8. The van der Waals surface area contributed by atoms with E-state index in [4.69, 9.17) is 11.6 Å². The predicted octanol–water partition coefficient (Wildman–Crippen LogP) is 3.08. The molecule has 0 bridgehead atoms. The van der Waals surface area contributed by atoms with Crippen LogP contribution in [0.3, 0.4) is 0 Å². The molecule has 0 unspecified atom stereocenters. The molecule has 0 saturated heterocycles. The third-order valence-corrected chi connectivity index (χ3v) is 2.80. The Balaban J connectivity index is 2.18. The van der Waals surface area contributed by atoms with Crippen molar-refractivity contribution in [1.29, 1.82) is 0 Å². The first-order valence-corrected chi connectivity index (χ1v) is 6.05. The zero-order chi connectivity index (χ0) is 13.8. The molecule has 0 aliphatic heterocycles. The van der Waals surface area contributed by atoms with Crippen molar-refractivity contribution in [2.24, 2.45) is 0 Å². The van der Waals surface area contributed by atoms with Crippen LogP contribution in [0.25, 0.3) is 0 Å². The lowest BCUT2D eigenvalue weighted by Crippen LogP contribution is -2.14. The third-order valence-electron chi connectivity index (χ3n) is 2.50. The highest BCUT2D eigenvalue weighted by molar-refractivity contribution is 6.30. The van der Waals surface area contributed by atoms with Crippen molar-refractivity contribution in [3.63, 3.8) is 0 Å². The summed E-state index contributed by atoms with van der Waals surface area (Å²) in [6.07, 6.45) is 2.04. The van der Waals surface area contributed by atoms with Crippen molar-refractivity contribution in [3.05, 3.63) is 52.8 Å². The molecule has 0 spiro atoms. The molecule has 0 aliphatic carbocycles. The van der Waals surface area contributed by atoms with E-state index in [2.05, 4.69) is 15.3 Å². The van der Waals surface area contributed by atoms with E-state index in [1.54, 1.807) is 6.07 Å². The largest absolute Gasteiger partial charge is 0.321 e. The second kappa shape index (κ2) is 5.75. The zero-order valence-corrected chi connectivity index (χ0v) is 10.9. The van der Waals surface area contributed by atoms with E-state index in [-0.39, 0.29) is 10.7 Å². The molecule has 1 amide bonds. The molecule has 0 atom stereocenters. The summed E-state index contributed by atoms with van der Waals surface area (Å²) in [5.41, 5.74) is 1.33. The van der Waals surface area contributed by atoms with Gasteiger partial charge in [0, 0.05) is 11.4 Å². The average Bonchev–Trinajstić information content (AvgIpc) is 2.43. The van der Waals surface area contributed by atoms with E-state index in [0.717, 1.165) is 11.8 Å². The molecule has 1 heterocycles. The molecule has 0 fully saturated rings. The highest BCUT2D eigenvalue weighted by Crippen LogP contribution is 2.19. The number of rotatable bonds is 3. The fraction of sp³-hybridized carbons (Fsp3) is 0.154. The summed E-state index contributed by atoms with van der Waals surface area (Å²) in [6, 6.07) is 5.65. The molecule has 2 rings (SSSR count). The number of halogens is 2. The quantitative estimate of drug-likeness (QED) is 0.939. The molecular formula is C13H11ClFN3O. The van der Waals surface area contributed by atoms with Crippen molar-refractivity contribution < 1.29 is 9.18 Å². The van der Waals surface area contributed by atoms with Crippen LogP contribution in [0.2, 0.25) is 5.02 Å². The summed E-state index contributed by atoms with van der Waals surface area (Å²) in [5.74, 6) is -1.00. The first kappa shape index (κ1) is 13.4. The first-order valence-electron chi connectivity index (χ1n) is 5.67. The van der Waals surface area contributed by atoms with Gasteiger partial charge in [-0.2, -0.15) is 0 Å². The van der Waals surface area contributed by atoms with Crippen LogP contribution in [-0.2, 0) is 6.42 Å². The summed E-state index contributed by atoms with van der Waals surface area (Å²) >= 11 is 5.57. The lowest BCUT2D eigenvalue weighted by Gasteiger charge is -2.06. The standard InChI is InChI=1S/C13H11ClFN3O/c1-2-8-6-12(17-7-16-8)13(19)18-9-3-4-10(14)11(15)5-9/h3-7H,2H2,1H3,(H,18,19). The molecule has 19 heavy (non-hydrogen) atoms. The lowest BCUT2D eigenvalue weighted by atomic mass is 10.2. The molecule has 4 nitrogen and oxygen atoms in total. The van der Waals surface area contributed by atoms with Gasteiger partial charge in [0.2, 0.25) is 0 Å². The van der Waals surface area contributed by atoms with Crippen LogP contribution in [0.15, 0.2) is 30.6 Å². The van der Waals surface area contributed by atoms with E-state index in [0.29, 0.717) is 12.1 Å². The Kier molecular flexibility index (Phi) is 4.06. The van der Waals surface area contributed by atoms with E-state index in [1.165, 1.54) is 18.5 Å². The second-order valence-corrected chi connectivity index (χ2v) is 4.24. The van der Waals surface area contributed by atoms with Crippen LogP contribution in [0.4, 0.5) is 10.1 Å². The van der Waals surface area contributed by atoms with Gasteiger partial charge in [-0.05, 0) is 30.7 Å². The molecule has 98 valence electrons.